The number of amides is 1. The molecule has 0 bridgehead atoms. The average molecular weight is 315 g/mol. The highest BCUT2D eigenvalue weighted by molar-refractivity contribution is 5.76. The third kappa shape index (κ3) is 5.49. The molecule has 0 saturated heterocycles. The Hall–Kier alpha value is -2.20. The van der Waals surface area contributed by atoms with Crippen LogP contribution in [0.5, 0.6) is 0 Å². The van der Waals surface area contributed by atoms with E-state index in [-0.39, 0.29) is 30.6 Å². The predicted octanol–water partition coefficient (Wildman–Crippen LogP) is 3.04. The minimum absolute atomic E-state index is 0.187. The highest BCUT2D eigenvalue weighted by atomic mass is 19.1. The van der Waals surface area contributed by atoms with E-state index < -0.39 is 6.10 Å². The van der Waals surface area contributed by atoms with Crippen LogP contribution >= 0.6 is 0 Å². The number of aliphatic hydroxyl groups is 1. The molecule has 2 aromatic carbocycles. The van der Waals surface area contributed by atoms with Gasteiger partial charge in [-0.25, -0.2) is 4.39 Å². The van der Waals surface area contributed by atoms with E-state index in [1.807, 2.05) is 37.3 Å². The topological polar surface area (TPSA) is 49.3 Å². The summed E-state index contributed by atoms with van der Waals surface area (Å²) >= 11 is 0. The van der Waals surface area contributed by atoms with Crippen LogP contribution in [0.15, 0.2) is 54.6 Å². The smallest absolute Gasteiger partial charge is 0.220 e. The van der Waals surface area contributed by atoms with Crippen LogP contribution in [0.25, 0.3) is 0 Å². The zero-order valence-electron chi connectivity index (χ0n) is 13.2. The highest BCUT2D eigenvalue weighted by Gasteiger charge is 2.15. The van der Waals surface area contributed by atoms with Gasteiger partial charge in [0.2, 0.25) is 5.91 Å². The fraction of sp³-hybridized carbons (Fsp3) is 0.316. The lowest BCUT2D eigenvalue weighted by atomic mass is 9.97. The molecule has 0 aliphatic carbocycles. The van der Waals surface area contributed by atoms with E-state index >= 15 is 0 Å². The van der Waals surface area contributed by atoms with E-state index in [2.05, 4.69) is 5.32 Å². The van der Waals surface area contributed by atoms with Crippen LogP contribution in [0.1, 0.15) is 30.4 Å². The van der Waals surface area contributed by atoms with E-state index in [0.717, 1.165) is 5.56 Å². The molecule has 0 heterocycles. The van der Waals surface area contributed by atoms with Crippen molar-refractivity contribution in [1.29, 1.82) is 0 Å². The van der Waals surface area contributed by atoms with Crippen LogP contribution in [-0.4, -0.2) is 23.7 Å². The Kier molecular flexibility index (Phi) is 6.29. The van der Waals surface area contributed by atoms with E-state index in [0.29, 0.717) is 12.0 Å². The Bertz CT molecular complexity index is 630. The summed E-state index contributed by atoms with van der Waals surface area (Å²) in [5.41, 5.74) is 1.56. The maximum absolute atomic E-state index is 13.7. The maximum atomic E-state index is 13.7. The average Bonchev–Trinajstić information content (AvgIpc) is 2.54. The fourth-order valence-corrected chi connectivity index (χ4v) is 2.52. The molecule has 2 unspecified atom stereocenters. The summed E-state index contributed by atoms with van der Waals surface area (Å²) in [7, 11) is 0. The van der Waals surface area contributed by atoms with E-state index in [1.165, 1.54) is 6.07 Å². The van der Waals surface area contributed by atoms with E-state index in [9.17, 15) is 14.3 Å². The van der Waals surface area contributed by atoms with Crippen molar-refractivity contribution in [2.75, 3.05) is 6.54 Å². The SMILES string of the molecule is CC(CC(=O)NCC(O)Cc1ccccc1)c1ccccc1F. The molecule has 23 heavy (non-hydrogen) atoms. The summed E-state index contributed by atoms with van der Waals surface area (Å²) in [6.45, 7) is 2.01. The highest BCUT2D eigenvalue weighted by Crippen LogP contribution is 2.21. The van der Waals surface area contributed by atoms with Gasteiger partial charge in [-0.3, -0.25) is 4.79 Å². The monoisotopic (exact) mass is 315 g/mol. The number of aliphatic hydroxyl groups excluding tert-OH is 1. The van der Waals surface area contributed by atoms with E-state index in [4.69, 9.17) is 0 Å². The standard InChI is InChI=1S/C19H22FNO2/c1-14(17-9-5-6-10-18(17)20)11-19(23)21-13-16(22)12-15-7-3-2-4-8-15/h2-10,14,16,22H,11-13H2,1H3,(H,21,23). The molecule has 4 heteroatoms. The lowest BCUT2D eigenvalue weighted by molar-refractivity contribution is -0.121. The van der Waals surface area contributed by atoms with Crippen molar-refractivity contribution in [1.82, 2.24) is 5.32 Å². The number of carbonyl (C=O) groups is 1. The van der Waals surface area contributed by atoms with Crippen LogP contribution in [-0.2, 0) is 11.2 Å². The molecule has 122 valence electrons. The molecule has 2 rings (SSSR count). The van der Waals surface area contributed by atoms with E-state index in [1.54, 1.807) is 18.2 Å². The number of hydrogen-bond acceptors (Lipinski definition) is 2. The van der Waals surface area contributed by atoms with Gasteiger partial charge in [0.05, 0.1) is 6.10 Å². The molecule has 0 saturated carbocycles. The van der Waals surface area contributed by atoms with Gasteiger partial charge in [0.25, 0.3) is 0 Å². The van der Waals surface area contributed by atoms with Gasteiger partial charge in [-0.15, -0.1) is 0 Å². The normalized spacial score (nSPS) is 13.3. The van der Waals surface area contributed by atoms with Crippen molar-refractivity contribution in [2.45, 2.75) is 31.8 Å². The molecule has 0 fully saturated rings. The Morgan fingerprint density at radius 3 is 2.48 bits per heavy atom. The van der Waals surface area contributed by atoms with Crippen molar-refractivity contribution in [2.24, 2.45) is 0 Å². The number of nitrogens with one attached hydrogen (secondary N) is 1. The summed E-state index contributed by atoms with van der Waals surface area (Å²) in [6.07, 6.45) is 0.0494. The molecular weight excluding hydrogens is 293 g/mol. The third-order valence-corrected chi connectivity index (χ3v) is 3.78. The Morgan fingerprint density at radius 2 is 1.78 bits per heavy atom. The second-order valence-electron chi connectivity index (χ2n) is 5.77. The zero-order valence-corrected chi connectivity index (χ0v) is 13.2. The first-order chi connectivity index (χ1) is 11.1. The molecule has 0 spiro atoms. The summed E-state index contributed by atoms with van der Waals surface area (Å²) < 4.78 is 13.7. The quantitative estimate of drug-likeness (QED) is 0.825. The Morgan fingerprint density at radius 1 is 1.13 bits per heavy atom. The summed E-state index contributed by atoms with van der Waals surface area (Å²) in [5.74, 6) is -0.688. The van der Waals surface area contributed by atoms with Crippen LogP contribution < -0.4 is 5.32 Å². The molecule has 0 aromatic heterocycles. The number of rotatable bonds is 7. The van der Waals surface area contributed by atoms with Gasteiger partial charge in [0.1, 0.15) is 5.82 Å². The second-order valence-corrected chi connectivity index (χ2v) is 5.77. The van der Waals surface area contributed by atoms with Gasteiger partial charge in [-0.05, 0) is 23.1 Å². The second kappa shape index (κ2) is 8.44. The lowest BCUT2D eigenvalue weighted by Crippen LogP contribution is -2.33. The molecule has 0 aliphatic heterocycles. The molecule has 1 amide bonds. The molecule has 0 aliphatic rings. The van der Waals surface area contributed by atoms with Gasteiger partial charge >= 0.3 is 0 Å². The van der Waals surface area contributed by atoms with Crippen molar-refractivity contribution < 1.29 is 14.3 Å². The summed E-state index contributed by atoms with van der Waals surface area (Å²) in [5, 5.41) is 12.7. The first-order valence-corrected chi connectivity index (χ1v) is 7.79. The lowest BCUT2D eigenvalue weighted by Gasteiger charge is -2.15. The first-order valence-electron chi connectivity index (χ1n) is 7.79. The minimum Gasteiger partial charge on any atom is -0.391 e. The van der Waals surface area contributed by atoms with Crippen molar-refractivity contribution in [3.05, 3.63) is 71.5 Å². The molecular formula is C19H22FNO2. The number of benzene rings is 2. The molecule has 2 aromatic rings. The molecule has 3 nitrogen and oxygen atoms in total. The molecule has 0 radical (unpaired) electrons. The van der Waals surface area contributed by atoms with Gasteiger partial charge in [-0.2, -0.15) is 0 Å². The fourth-order valence-electron chi connectivity index (χ4n) is 2.52. The number of carbonyl (C=O) groups excluding carboxylic acids is 1. The van der Waals surface area contributed by atoms with Crippen molar-refractivity contribution in [3.8, 4) is 0 Å². The van der Waals surface area contributed by atoms with Crippen LogP contribution in [0, 0.1) is 5.82 Å². The van der Waals surface area contributed by atoms with Crippen LogP contribution in [0.3, 0.4) is 0 Å². The minimum atomic E-state index is -0.634. The van der Waals surface area contributed by atoms with Gasteiger partial charge in [-0.1, -0.05) is 55.5 Å². The van der Waals surface area contributed by atoms with Crippen molar-refractivity contribution in [3.63, 3.8) is 0 Å². The van der Waals surface area contributed by atoms with Crippen LogP contribution in [0.4, 0.5) is 4.39 Å². The van der Waals surface area contributed by atoms with Gasteiger partial charge in [0.15, 0.2) is 0 Å². The molecule has 2 atom stereocenters. The largest absolute Gasteiger partial charge is 0.391 e. The predicted molar refractivity (Wildman–Crippen MR) is 88.6 cm³/mol. The Balaban J connectivity index is 1.77. The number of hydrogen-bond donors (Lipinski definition) is 2. The maximum Gasteiger partial charge on any atom is 0.220 e. The zero-order chi connectivity index (χ0) is 16.7. The Labute approximate surface area is 136 Å². The van der Waals surface area contributed by atoms with Crippen molar-refractivity contribution >= 4 is 5.91 Å². The third-order valence-electron chi connectivity index (χ3n) is 3.78. The summed E-state index contributed by atoms with van der Waals surface area (Å²) in [4.78, 5) is 12.0. The van der Waals surface area contributed by atoms with Gasteiger partial charge < -0.3 is 10.4 Å². The number of halogens is 1. The first kappa shape index (κ1) is 17.2. The van der Waals surface area contributed by atoms with Gasteiger partial charge in [0, 0.05) is 19.4 Å². The summed E-state index contributed by atoms with van der Waals surface area (Å²) in [6, 6.07) is 16.1. The molecule has 2 N–H and O–H groups in total. The van der Waals surface area contributed by atoms with Crippen LogP contribution in [0.2, 0.25) is 0 Å².